The largest absolute Gasteiger partial charge is 0.495 e. The average molecular weight is 386 g/mol. The fourth-order valence-electron chi connectivity index (χ4n) is 3.69. The number of para-hydroxylation sites is 2. The highest BCUT2D eigenvalue weighted by Crippen LogP contribution is 2.28. The summed E-state index contributed by atoms with van der Waals surface area (Å²) in [4.78, 5) is 10.5. The van der Waals surface area contributed by atoms with Gasteiger partial charge in [0, 0.05) is 44.2 Å². The number of benzene rings is 2. The number of ether oxygens (including phenoxy) is 1. The van der Waals surface area contributed by atoms with E-state index in [1.54, 1.807) is 7.11 Å². The molecule has 0 unspecified atom stereocenters. The monoisotopic (exact) mass is 385 g/mol. The van der Waals surface area contributed by atoms with E-state index in [9.17, 15) is 0 Å². The van der Waals surface area contributed by atoms with E-state index in [0.29, 0.717) is 0 Å². The SMILES string of the molecule is COc1ccccc1N1CCN(C[C@@H]2CC(c3ccc(Cl)cc3)=NO2)CC1. The van der Waals surface area contributed by atoms with Gasteiger partial charge in [0.2, 0.25) is 0 Å². The van der Waals surface area contributed by atoms with Gasteiger partial charge < -0.3 is 14.5 Å². The number of halogens is 1. The molecular weight excluding hydrogens is 362 g/mol. The van der Waals surface area contributed by atoms with Crippen molar-refractivity contribution in [2.45, 2.75) is 12.5 Å². The van der Waals surface area contributed by atoms with Gasteiger partial charge in [-0.3, -0.25) is 4.90 Å². The van der Waals surface area contributed by atoms with Crippen LogP contribution in [0.3, 0.4) is 0 Å². The number of oxime groups is 1. The number of piperazine rings is 1. The minimum Gasteiger partial charge on any atom is -0.495 e. The minimum atomic E-state index is 0.119. The maximum atomic E-state index is 5.96. The van der Waals surface area contributed by atoms with Crippen LogP contribution in [0.25, 0.3) is 0 Å². The normalized spacial score (nSPS) is 20.3. The summed E-state index contributed by atoms with van der Waals surface area (Å²) >= 11 is 5.96. The van der Waals surface area contributed by atoms with Crippen LogP contribution in [0, 0.1) is 0 Å². The van der Waals surface area contributed by atoms with Crippen LogP contribution in [-0.2, 0) is 4.84 Å². The lowest BCUT2D eigenvalue weighted by molar-refractivity contribution is 0.0510. The Bertz CT molecular complexity index is 801. The van der Waals surface area contributed by atoms with Crippen molar-refractivity contribution < 1.29 is 9.57 Å². The first kappa shape index (κ1) is 18.1. The fourth-order valence-corrected chi connectivity index (χ4v) is 3.82. The van der Waals surface area contributed by atoms with E-state index < -0.39 is 0 Å². The molecule has 0 saturated carbocycles. The summed E-state index contributed by atoms with van der Waals surface area (Å²) in [5.41, 5.74) is 3.26. The van der Waals surface area contributed by atoms with Crippen LogP contribution < -0.4 is 9.64 Å². The molecule has 27 heavy (non-hydrogen) atoms. The quantitative estimate of drug-likeness (QED) is 0.787. The zero-order valence-corrected chi connectivity index (χ0v) is 16.2. The van der Waals surface area contributed by atoms with Crippen molar-refractivity contribution in [3.05, 3.63) is 59.1 Å². The molecule has 1 saturated heterocycles. The second-order valence-corrected chi connectivity index (χ2v) is 7.37. The Hall–Kier alpha value is -2.24. The number of nitrogens with zero attached hydrogens (tertiary/aromatic N) is 3. The van der Waals surface area contributed by atoms with Crippen LogP contribution in [0.2, 0.25) is 5.02 Å². The van der Waals surface area contributed by atoms with E-state index in [1.807, 2.05) is 36.4 Å². The van der Waals surface area contributed by atoms with Gasteiger partial charge in [-0.1, -0.05) is 41.0 Å². The van der Waals surface area contributed by atoms with E-state index in [1.165, 1.54) is 5.69 Å². The van der Waals surface area contributed by atoms with Gasteiger partial charge in [0.1, 0.15) is 11.9 Å². The van der Waals surface area contributed by atoms with Crippen molar-refractivity contribution >= 4 is 23.0 Å². The average Bonchev–Trinajstić information content (AvgIpc) is 3.17. The molecule has 1 atom stereocenters. The second kappa shape index (κ2) is 8.19. The zero-order chi connectivity index (χ0) is 18.6. The number of hydrogen-bond donors (Lipinski definition) is 0. The van der Waals surface area contributed by atoms with Crippen molar-refractivity contribution in [3.8, 4) is 5.75 Å². The maximum Gasteiger partial charge on any atom is 0.145 e. The lowest BCUT2D eigenvalue weighted by atomic mass is 10.0. The van der Waals surface area contributed by atoms with Crippen molar-refractivity contribution in [2.24, 2.45) is 5.16 Å². The number of rotatable bonds is 5. The molecule has 2 aliphatic heterocycles. The van der Waals surface area contributed by atoms with Gasteiger partial charge in [-0.2, -0.15) is 0 Å². The molecule has 5 nitrogen and oxygen atoms in total. The highest BCUT2D eigenvalue weighted by Gasteiger charge is 2.27. The van der Waals surface area contributed by atoms with Gasteiger partial charge in [0.05, 0.1) is 18.5 Å². The van der Waals surface area contributed by atoms with Gasteiger partial charge >= 0.3 is 0 Å². The third kappa shape index (κ3) is 4.20. The Labute approximate surface area is 165 Å². The van der Waals surface area contributed by atoms with Crippen LogP contribution in [-0.4, -0.2) is 56.5 Å². The van der Waals surface area contributed by atoms with Gasteiger partial charge in [-0.25, -0.2) is 0 Å². The summed E-state index contributed by atoms with van der Waals surface area (Å²) in [6, 6.07) is 16.0. The highest BCUT2D eigenvalue weighted by molar-refractivity contribution is 6.30. The Morgan fingerprint density at radius 1 is 1.07 bits per heavy atom. The van der Waals surface area contributed by atoms with Gasteiger partial charge in [-0.05, 0) is 29.8 Å². The molecule has 0 aliphatic carbocycles. The third-order valence-electron chi connectivity index (χ3n) is 5.17. The first-order valence-corrected chi connectivity index (χ1v) is 9.69. The molecule has 0 radical (unpaired) electrons. The summed E-state index contributed by atoms with van der Waals surface area (Å²) < 4.78 is 5.50. The van der Waals surface area contributed by atoms with E-state index in [4.69, 9.17) is 21.2 Å². The Kier molecular flexibility index (Phi) is 5.50. The molecule has 2 heterocycles. The number of anilines is 1. The van der Waals surface area contributed by atoms with Crippen LogP contribution in [0.15, 0.2) is 53.7 Å². The van der Waals surface area contributed by atoms with Crippen LogP contribution >= 0.6 is 11.6 Å². The fraction of sp³-hybridized carbons (Fsp3) is 0.381. The summed E-state index contributed by atoms with van der Waals surface area (Å²) in [5, 5.41) is 5.03. The maximum absolute atomic E-state index is 5.96. The first-order chi connectivity index (χ1) is 13.2. The van der Waals surface area contributed by atoms with Crippen molar-refractivity contribution in [2.75, 3.05) is 44.7 Å². The number of methoxy groups -OCH3 is 1. The lowest BCUT2D eigenvalue weighted by Gasteiger charge is -2.37. The topological polar surface area (TPSA) is 37.3 Å². The molecule has 0 aromatic heterocycles. The molecule has 4 rings (SSSR count). The number of hydrogen-bond acceptors (Lipinski definition) is 5. The van der Waals surface area contributed by atoms with Crippen molar-refractivity contribution in [1.29, 1.82) is 0 Å². The first-order valence-electron chi connectivity index (χ1n) is 9.32. The molecule has 6 heteroatoms. The molecule has 0 bridgehead atoms. The summed E-state index contributed by atoms with van der Waals surface area (Å²) in [5.74, 6) is 0.936. The van der Waals surface area contributed by atoms with Gasteiger partial charge in [0.25, 0.3) is 0 Å². The predicted octanol–water partition coefficient (Wildman–Crippen LogP) is 3.66. The summed E-state index contributed by atoms with van der Waals surface area (Å²) in [6.45, 7) is 4.89. The van der Waals surface area contributed by atoms with Crippen LogP contribution in [0.1, 0.15) is 12.0 Å². The second-order valence-electron chi connectivity index (χ2n) is 6.94. The van der Waals surface area contributed by atoms with Crippen LogP contribution in [0.5, 0.6) is 5.75 Å². The zero-order valence-electron chi connectivity index (χ0n) is 15.5. The van der Waals surface area contributed by atoms with E-state index in [-0.39, 0.29) is 6.10 Å². The molecular formula is C21H24ClN3O2. The van der Waals surface area contributed by atoms with Crippen molar-refractivity contribution in [1.82, 2.24) is 4.90 Å². The highest BCUT2D eigenvalue weighted by atomic mass is 35.5. The molecule has 0 spiro atoms. The molecule has 0 N–H and O–H groups in total. The Morgan fingerprint density at radius 3 is 2.56 bits per heavy atom. The molecule has 142 valence electrons. The van der Waals surface area contributed by atoms with E-state index >= 15 is 0 Å². The molecule has 2 aromatic carbocycles. The van der Waals surface area contributed by atoms with Crippen LogP contribution in [0.4, 0.5) is 5.69 Å². The molecule has 1 fully saturated rings. The van der Waals surface area contributed by atoms with Gasteiger partial charge in [0.15, 0.2) is 0 Å². The van der Waals surface area contributed by atoms with Gasteiger partial charge in [-0.15, -0.1) is 0 Å². The van der Waals surface area contributed by atoms with Crippen molar-refractivity contribution in [3.63, 3.8) is 0 Å². The molecule has 2 aliphatic rings. The Balaban J connectivity index is 1.28. The lowest BCUT2D eigenvalue weighted by Crippen LogP contribution is -2.48. The molecule has 0 amide bonds. The smallest absolute Gasteiger partial charge is 0.145 e. The Morgan fingerprint density at radius 2 is 1.81 bits per heavy atom. The minimum absolute atomic E-state index is 0.119. The standard InChI is InChI=1S/C21H24ClN3O2/c1-26-21-5-3-2-4-20(21)25-12-10-24(11-13-25)15-18-14-19(23-27-18)16-6-8-17(22)9-7-16/h2-9,18H,10-15H2,1H3/t18-/m0/s1. The summed E-state index contributed by atoms with van der Waals surface area (Å²) in [7, 11) is 1.73. The summed E-state index contributed by atoms with van der Waals surface area (Å²) in [6.07, 6.45) is 0.961. The van der Waals surface area contributed by atoms with E-state index in [0.717, 1.165) is 61.2 Å². The predicted molar refractivity (Wildman–Crippen MR) is 109 cm³/mol. The molecule has 2 aromatic rings. The van der Waals surface area contributed by atoms with E-state index in [2.05, 4.69) is 27.1 Å². The third-order valence-corrected chi connectivity index (χ3v) is 5.42.